The molecule has 104 valence electrons. The average Bonchev–Trinajstić information content (AvgIpc) is 2.37. The molecule has 0 aromatic heterocycles. The third kappa shape index (κ3) is 4.38. The lowest BCUT2D eigenvalue weighted by Gasteiger charge is -2.24. The van der Waals surface area contributed by atoms with Gasteiger partial charge in [-0.3, -0.25) is 0 Å². The number of hydrogen-bond acceptors (Lipinski definition) is 1. The Hall–Kier alpha value is -0.220. The second kappa shape index (κ2) is 6.98. The molecular formula is C13H15Cl3N2S. The van der Waals surface area contributed by atoms with E-state index in [1.54, 1.807) is 12.1 Å². The van der Waals surface area contributed by atoms with Gasteiger partial charge in [0.05, 0.1) is 20.8 Å². The smallest absolute Gasteiger partial charge is 0.171 e. The lowest BCUT2D eigenvalue weighted by Crippen LogP contribution is -2.38. The van der Waals surface area contributed by atoms with Gasteiger partial charge in [0.15, 0.2) is 5.11 Å². The highest BCUT2D eigenvalue weighted by Gasteiger charge is 2.14. The fourth-order valence-electron chi connectivity index (χ4n) is 2.21. The molecule has 0 aliphatic heterocycles. The first-order chi connectivity index (χ1) is 9.06. The summed E-state index contributed by atoms with van der Waals surface area (Å²) in [4.78, 5) is 0. The standard InChI is InChI=1S/C13H15Cl3N2S/c14-9-6-11(16)12(7-10(9)15)18-13(19)17-8-4-2-1-3-5-8/h6-8H,1-5H2,(H2,17,18,19). The Bertz CT molecular complexity index is 473. The van der Waals surface area contributed by atoms with Crippen molar-refractivity contribution >= 4 is 57.8 Å². The summed E-state index contributed by atoms with van der Waals surface area (Å²) in [6.45, 7) is 0. The highest BCUT2D eigenvalue weighted by atomic mass is 35.5. The van der Waals surface area contributed by atoms with Gasteiger partial charge in [0.1, 0.15) is 0 Å². The lowest BCUT2D eigenvalue weighted by molar-refractivity contribution is 0.415. The summed E-state index contributed by atoms with van der Waals surface area (Å²) < 4.78 is 0. The highest BCUT2D eigenvalue weighted by Crippen LogP contribution is 2.32. The molecule has 0 atom stereocenters. The number of nitrogens with one attached hydrogen (secondary N) is 2. The normalized spacial score (nSPS) is 16.2. The number of rotatable bonds is 2. The summed E-state index contributed by atoms with van der Waals surface area (Å²) in [5, 5.41) is 8.35. The zero-order chi connectivity index (χ0) is 13.8. The first-order valence-corrected chi connectivity index (χ1v) is 7.82. The van der Waals surface area contributed by atoms with Crippen LogP contribution in [0.15, 0.2) is 12.1 Å². The molecule has 1 fully saturated rings. The number of halogens is 3. The maximum Gasteiger partial charge on any atom is 0.171 e. The number of hydrogen-bond donors (Lipinski definition) is 2. The van der Waals surface area contributed by atoms with Crippen LogP contribution in [0.25, 0.3) is 0 Å². The zero-order valence-electron chi connectivity index (χ0n) is 10.3. The van der Waals surface area contributed by atoms with Crippen LogP contribution in [0.2, 0.25) is 15.1 Å². The van der Waals surface area contributed by atoms with Gasteiger partial charge < -0.3 is 10.6 Å². The Morgan fingerprint density at radius 2 is 1.63 bits per heavy atom. The molecule has 1 aliphatic rings. The van der Waals surface area contributed by atoms with E-state index >= 15 is 0 Å². The van der Waals surface area contributed by atoms with Crippen LogP contribution in [0.3, 0.4) is 0 Å². The molecule has 1 aromatic carbocycles. The van der Waals surface area contributed by atoms with E-state index in [-0.39, 0.29) is 0 Å². The molecule has 1 aliphatic carbocycles. The van der Waals surface area contributed by atoms with Crippen molar-refractivity contribution < 1.29 is 0 Å². The van der Waals surface area contributed by atoms with E-state index in [0.29, 0.717) is 31.9 Å². The minimum absolute atomic E-state index is 0.434. The van der Waals surface area contributed by atoms with E-state index in [4.69, 9.17) is 47.0 Å². The van der Waals surface area contributed by atoms with Crippen molar-refractivity contribution in [2.75, 3.05) is 5.32 Å². The summed E-state index contributed by atoms with van der Waals surface area (Å²) in [5.74, 6) is 0. The first-order valence-electron chi connectivity index (χ1n) is 6.28. The SMILES string of the molecule is S=C(Nc1cc(Cl)c(Cl)cc1Cl)NC1CCCCC1. The van der Waals surface area contributed by atoms with Crippen molar-refractivity contribution in [2.45, 2.75) is 38.1 Å². The van der Waals surface area contributed by atoms with Crippen molar-refractivity contribution in [1.29, 1.82) is 0 Å². The monoisotopic (exact) mass is 336 g/mol. The molecule has 1 saturated carbocycles. The fraction of sp³-hybridized carbons (Fsp3) is 0.462. The van der Waals surface area contributed by atoms with Gasteiger partial charge in [-0.1, -0.05) is 54.1 Å². The van der Waals surface area contributed by atoms with Crippen molar-refractivity contribution in [3.8, 4) is 0 Å². The molecule has 0 bridgehead atoms. The molecule has 0 unspecified atom stereocenters. The van der Waals surface area contributed by atoms with Gasteiger partial charge in [-0.2, -0.15) is 0 Å². The molecule has 6 heteroatoms. The summed E-state index contributed by atoms with van der Waals surface area (Å²) in [6.07, 6.45) is 6.16. The van der Waals surface area contributed by atoms with E-state index < -0.39 is 0 Å². The summed E-state index contributed by atoms with van der Waals surface area (Å²) in [5.41, 5.74) is 0.671. The molecular weight excluding hydrogens is 323 g/mol. The van der Waals surface area contributed by atoms with E-state index in [2.05, 4.69) is 10.6 Å². The van der Waals surface area contributed by atoms with Gasteiger partial charge in [-0.05, 0) is 37.2 Å². The van der Waals surface area contributed by atoms with Crippen molar-refractivity contribution in [3.63, 3.8) is 0 Å². The molecule has 0 spiro atoms. The molecule has 0 heterocycles. The van der Waals surface area contributed by atoms with E-state index in [0.717, 1.165) is 12.8 Å². The maximum atomic E-state index is 6.10. The molecule has 0 radical (unpaired) electrons. The molecule has 0 amide bonds. The van der Waals surface area contributed by atoms with Crippen LogP contribution >= 0.6 is 47.0 Å². The van der Waals surface area contributed by atoms with Crippen LogP contribution in [-0.4, -0.2) is 11.2 Å². The molecule has 1 aromatic rings. The van der Waals surface area contributed by atoms with Gasteiger partial charge in [-0.25, -0.2) is 0 Å². The molecule has 2 rings (SSSR count). The maximum absolute atomic E-state index is 6.10. The van der Waals surface area contributed by atoms with Crippen LogP contribution < -0.4 is 10.6 Å². The van der Waals surface area contributed by atoms with Gasteiger partial charge in [0, 0.05) is 6.04 Å². The van der Waals surface area contributed by atoms with Crippen LogP contribution in [0.4, 0.5) is 5.69 Å². The topological polar surface area (TPSA) is 24.1 Å². The number of thiocarbonyl (C=S) groups is 1. The molecule has 19 heavy (non-hydrogen) atoms. The summed E-state index contributed by atoms with van der Waals surface area (Å²) in [7, 11) is 0. The summed E-state index contributed by atoms with van der Waals surface area (Å²) in [6, 6.07) is 3.74. The van der Waals surface area contributed by atoms with Crippen LogP contribution in [0.5, 0.6) is 0 Å². The number of anilines is 1. The fourth-order valence-corrected chi connectivity index (χ4v) is 3.08. The van der Waals surface area contributed by atoms with Gasteiger partial charge in [0.2, 0.25) is 0 Å². The molecule has 2 N–H and O–H groups in total. The second-order valence-corrected chi connectivity index (χ2v) is 6.31. The molecule has 2 nitrogen and oxygen atoms in total. The van der Waals surface area contributed by atoms with Crippen molar-refractivity contribution in [2.24, 2.45) is 0 Å². The third-order valence-electron chi connectivity index (χ3n) is 3.20. The van der Waals surface area contributed by atoms with Gasteiger partial charge in [-0.15, -0.1) is 0 Å². The van der Waals surface area contributed by atoms with Crippen LogP contribution in [-0.2, 0) is 0 Å². The number of benzene rings is 1. The van der Waals surface area contributed by atoms with Crippen molar-refractivity contribution in [3.05, 3.63) is 27.2 Å². The largest absolute Gasteiger partial charge is 0.360 e. The van der Waals surface area contributed by atoms with Crippen molar-refractivity contribution in [1.82, 2.24) is 5.32 Å². The van der Waals surface area contributed by atoms with E-state index in [1.807, 2.05) is 0 Å². The first kappa shape index (κ1) is 15.2. The highest BCUT2D eigenvalue weighted by molar-refractivity contribution is 7.80. The molecule has 0 saturated heterocycles. The predicted octanol–water partition coefficient (Wildman–Crippen LogP) is 5.27. The quantitative estimate of drug-likeness (QED) is 0.568. The average molecular weight is 338 g/mol. The summed E-state index contributed by atoms with van der Waals surface area (Å²) >= 11 is 23.2. The minimum atomic E-state index is 0.434. The Balaban J connectivity index is 1.96. The van der Waals surface area contributed by atoms with E-state index in [9.17, 15) is 0 Å². The van der Waals surface area contributed by atoms with Crippen LogP contribution in [0.1, 0.15) is 32.1 Å². The zero-order valence-corrected chi connectivity index (χ0v) is 13.4. The predicted molar refractivity (Wildman–Crippen MR) is 87.7 cm³/mol. The Morgan fingerprint density at radius 3 is 2.32 bits per heavy atom. The van der Waals surface area contributed by atoms with E-state index in [1.165, 1.54) is 19.3 Å². The Morgan fingerprint density at radius 1 is 1.00 bits per heavy atom. The lowest BCUT2D eigenvalue weighted by atomic mass is 9.96. The Labute approximate surface area is 133 Å². The van der Waals surface area contributed by atoms with Crippen LogP contribution in [0, 0.1) is 0 Å². The minimum Gasteiger partial charge on any atom is -0.360 e. The van der Waals surface area contributed by atoms with Gasteiger partial charge in [0.25, 0.3) is 0 Å². The second-order valence-electron chi connectivity index (χ2n) is 4.68. The Kier molecular flexibility index (Phi) is 5.58. The van der Waals surface area contributed by atoms with Gasteiger partial charge >= 0.3 is 0 Å². The third-order valence-corrected chi connectivity index (χ3v) is 4.45.